The van der Waals surface area contributed by atoms with Crippen molar-refractivity contribution in [2.75, 3.05) is 0 Å². The Hall–Kier alpha value is -1.20. The molecule has 0 saturated heterocycles. The zero-order chi connectivity index (χ0) is 13.9. The first-order chi connectivity index (χ1) is 8.83. The second-order valence-corrected chi connectivity index (χ2v) is 2.78. The van der Waals surface area contributed by atoms with Gasteiger partial charge in [-0.2, -0.15) is 20.4 Å². The average Bonchev–Trinajstić information content (AvgIpc) is 2.45. The van der Waals surface area contributed by atoms with Gasteiger partial charge in [0.2, 0.25) is 0 Å². The van der Waals surface area contributed by atoms with Gasteiger partial charge in [-0.15, -0.1) is 0 Å². The fraction of sp³-hybridized carbons (Fsp3) is 0. The standard InChI is InChI=1S/2C4H4N2.2CHNSe.Zn/c2*1-2-4-6-5-3-1;2*2-1-3;/h2*1-4H;2*3H;/q;;;;+2/p-2. The van der Waals surface area contributed by atoms with Crippen LogP contribution in [0.3, 0.4) is 0 Å². The third kappa shape index (κ3) is 31.5. The van der Waals surface area contributed by atoms with Crippen molar-refractivity contribution in [1.82, 2.24) is 20.4 Å². The Labute approximate surface area is 141 Å². The molecule has 0 aliphatic heterocycles. The molecule has 0 N–H and O–H groups in total. The molecule has 0 saturated carbocycles. The van der Waals surface area contributed by atoms with E-state index in [1.807, 2.05) is 24.3 Å². The Kier molecular flexibility index (Phi) is 30.9. The number of hydrogen-bond acceptors (Lipinski definition) is 6. The Balaban J connectivity index is -0.000000188. The van der Waals surface area contributed by atoms with E-state index in [9.17, 15) is 0 Å². The predicted octanol–water partition coefficient (Wildman–Crippen LogP) is 0.223. The van der Waals surface area contributed by atoms with Gasteiger partial charge in [0, 0.05) is 24.8 Å². The van der Waals surface area contributed by atoms with Crippen molar-refractivity contribution in [3.05, 3.63) is 49.1 Å². The molecule has 2 aromatic heterocycles. The van der Waals surface area contributed by atoms with Crippen molar-refractivity contribution in [2.45, 2.75) is 0 Å². The molecule has 19 heavy (non-hydrogen) atoms. The third-order valence-corrected chi connectivity index (χ3v) is 0.966. The second-order valence-electron chi connectivity index (χ2n) is 2.01. The maximum absolute atomic E-state index is 7.26. The summed E-state index contributed by atoms with van der Waals surface area (Å²) in [6, 6.07) is 7.31. The molecule has 92 valence electrons. The summed E-state index contributed by atoms with van der Waals surface area (Å²) in [5.41, 5.74) is 0. The van der Waals surface area contributed by atoms with Crippen LogP contribution in [0.1, 0.15) is 0 Å². The minimum absolute atomic E-state index is 0. The first-order valence-electron chi connectivity index (χ1n) is 4.29. The Bertz CT molecular complexity index is 334. The Morgan fingerprint density at radius 3 is 0.842 bits per heavy atom. The van der Waals surface area contributed by atoms with Crippen LogP contribution in [0.2, 0.25) is 0 Å². The van der Waals surface area contributed by atoms with Crippen molar-refractivity contribution in [3.8, 4) is 9.94 Å². The normalized spacial score (nSPS) is 5.79. The number of rotatable bonds is 0. The number of hydrogen-bond donors (Lipinski definition) is 0. The van der Waals surface area contributed by atoms with E-state index < -0.39 is 0 Å². The van der Waals surface area contributed by atoms with Gasteiger partial charge >= 0.3 is 72.0 Å². The van der Waals surface area contributed by atoms with E-state index in [-0.39, 0.29) is 19.5 Å². The summed E-state index contributed by atoms with van der Waals surface area (Å²) >= 11 is 4.22. The van der Waals surface area contributed by atoms with Crippen LogP contribution < -0.4 is 0 Å². The molecule has 0 unspecified atom stereocenters. The summed E-state index contributed by atoms with van der Waals surface area (Å²) in [7, 11) is 0. The average molecular weight is 436 g/mol. The third-order valence-electron chi connectivity index (χ3n) is 0.966. The van der Waals surface area contributed by atoms with Crippen LogP contribution in [0.4, 0.5) is 0 Å². The number of nitriles is 2. The molecular formula is C10H8N6Se2Zn. The summed E-state index contributed by atoms with van der Waals surface area (Å²) in [6.07, 6.45) is 6.56. The molecule has 0 bridgehead atoms. The Morgan fingerprint density at radius 1 is 0.632 bits per heavy atom. The molecule has 0 amide bonds. The molecule has 0 aliphatic carbocycles. The molecular weight excluding hydrogens is 427 g/mol. The van der Waals surface area contributed by atoms with Crippen LogP contribution in [0.15, 0.2) is 49.1 Å². The van der Waals surface area contributed by atoms with Gasteiger partial charge in [0.05, 0.1) is 0 Å². The predicted molar refractivity (Wildman–Crippen MR) is 66.8 cm³/mol. The monoisotopic (exact) mass is 436 g/mol. The topological polar surface area (TPSA) is 99.1 Å². The van der Waals surface area contributed by atoms with E-state index in [0.717, 1.165) is 0 Å². The van der Waals surface area contributed by atoms with Gasteiger partial charge in [-0.05, 0) is 24.3 Å². The van der Waals surface area contributed by atoms with Gasteiger partial charge in [0.1, 0.15) is 0 Å². The van der Waals surface area contributed by atoms with Gasteiger partial charge in [0.25, 0.3) is 0 Å². The fourth-order valence-corrected chi connectivity index (χ4v) is 0.507. The summed E-state index contributed by atoms with van der Waals surface area (Å²) in [4.78, 5) is 3.25. The van der Waals surface area contributed by atoms with E-state index in [4.69, 9.17) is 10.5 Å². The van der Waals surface area contributed by atoms with E-state index in [0.29, 0.717) is 0 Å². The van der Waals surface area contributed by atoms with E-state index in [1.54, 1.807) is 34.7 Å². The Morgan fingerprint density at radius 2 is 0.789 bits per heavy atom. The van der Waals surface area contributed by atoms with Gasteiger partial charge in [-0.25, -0.2) is 0 Å². The summed E-state index contributed by atoms with van der Waals surface area (Å²) < 4.78 is 0. The summed E-state index contributed by atoms with van der Waals surface area (Å²) in [6.45, 7) is 0. The van der Waals surface area contributed by atoms with Crippen LogP contribution in [0, 0.1) is 20.5 Å². The zero-order valence-electron chi connectivity index (χ0n) is 9.83. The van der Waals surface area contributed by atoms with Crippen LogP contribution >= 0.6 is 0 Å². The van der Waals surface area contributed by atoms with Crippen molar-refractivity contribution >= 4 is 32.0 Å². The maximum atomic E-state index is 7.26. The van der Waals surface area contributed by atoms with Crippen molar-refractivity contribution in [2.24, 2.45) is 0 Å². The molecule has 9 heteroatoms. The smallest absolute Gasteiger partial charge is 0.159 e. The van der Waals surface area contributed by atoms with Crippen LogP contribution in [-0.4, -0.2) is 52.4 Å². The van der Waals surface area contributed by atoms with Gasteiger partial charge < -0.3 is 0 Å². The van der Waals surface area contributed by atoms with Crippen LogP contribution in [0.5, 0.6) is 0 Å². The van der Waals surface area contributed by atoms with Gasteiger partial charge in [-0.3, -0.25) is 0 Å². The zero-order valence-corrected chi connectivity index (χ0v) is 16.2. The quantitative estimate of drug-likeness (QED) is 0.549. The molecule has 0 spiro atoms. The molecule has 2 aromatic rings. The molecule has 0 aliphatic rings. The minimum Gasteiger partial charge on any atom is -0.159 e. The molecule has 0 radical (unpaired) electrons. The first kappa shape index (κ1) is 22.9. The van der Waals surface area contributed by atoms with Crippen LogP contribution in [-0.2, 0) is 19.5 Å². The molecule has 0 fully saturated rings. The molecule has 0 atom stereocenters. The van der Waals surface area contributed by atoms with Crippen LogP contribution in [0.25, 0.3) is 0 Å². The number of aromatic nitrogens is 4. The van der Waals surface area contributed by atoms with E-state index in [2.05, 4.69) is 52.4 Å². The number of nitrogens with zero attached hydrogens (tertiary/aromatic N) is 6. The largest absolute Gasteiger partial charge is 2.00 e. The van der Waals surface area contributed by atoms with Gasteiger partial charge in [-0.1, -0.05) is 0 Å². The fourth-order valence-electron chi connectivity index (χ4n) is 0.507. The van der Waals surface area contributed by atoms with E-state index >= 15 is 0 Å². The van der Waals surface area contributed by atoms with Crippen molar-refractivity contribution in [3.63, 3.8) is 0 Å². The van der Waals surface area contributed by atoms with Gasteiger partial charge in [0.15, 0.2) is 0 Å². The molecule has 0 aromatic carbocycles. The SMILES string of the molecule is N#C[Se-].N#C[Se-].[Zn+2].c1ccnnc1.c1ccnnc1. The van der Waals surface area contributed by atoms with E-state index in [1.165, 1.54) is 0 Å². The second kappa shape index (κ2) is 25.6. The molecule has 6 nitrogen and oxygen atoms in total. The first-order valence-corrected chi connectivity index (χ1v) is 6.00. The summed E-state index contributed by atoms with van der Waals surface area (Å²) in [5, 5.41) is 28.7. The van der Waals surface area contributed by atoms with Crippen molar-refractivity contribution in [1.29, 1.82) is 10.5 Å². The summed E-state index contributed by atoms with van der Waals surface area (Å²) in [5.74, 6) is 0. The molecule has 2 rings (SSSR count). The maximum Gasteiger partial charge on any atom is 2.00 e. The van der Waals surface area contributed by atoms with Crippen molar-refractivity contribution < 1.29 is 19.5 Å². The minimum atomic E-state index is 0. The molecule has 2 heterocycles.